The Hall–Kier alpha value is -0.110. The van der Waals surface area contributed by atoms with Crippen molar-refractivity contribution in [3.8, 4) is 5.75 Å². The first kappa shape index (κ1) is 14.0. The van der Waals surface area contributed by atoms with E-state index < -0.39 is 19.3 Å². The number of alkyl halides is 2. The van der Waals surface area contributed by atoms with Gasteiger partial charge < -0.3 is 4.74 Å². The Morgan fingerprint density at radius 1 is 1.25 bits per heavy atom. The molecule has 0 saturated heterocycles. The van der Waals surface area contributed by atoms with Crippen LogP contribution in [0.1, 0.15) is 6.42 Å². The monoisotopic (exact) mass is 372 g/mol. The fourth-order valence-electron chi connectivity index (χ4n) is 0.960. The number of hydrogen-bond acceptors (Lipinski definition) is 3. The van der Waals surface area contributed by atoms with Crippen LogP contribution >= 0.6 is 31.9 Å². The van der Waals surface area contributed by atoms with E-state index in [1.165, 1.54) is 0 Å². The fourth-order valence-corrected chi connectivity index (χ4v) is 2.80. The molecule has 1 aromatic carbocycles. The van der Waals surface area contributed by atoms with Crippen LogP contribution in [0.4, 0.5) is 0 Å². The Morgan fingerprint density at radius 3 is 2.31 bits per heavy atom. The van der Waals surface area contributed by atoms with E-state index in [2.05, 4.69) is 31.9 Å². The van der Waals surface area contributed by atoms with Crippen LogP contribution in [0.25, 0.3) is 0 Å². The van der Waals surface area contributed by atoms with E-state index in [-0.39, 0.29) is 6.42 Å². The van der Waals surface area contributed by atoms with E-state index in [1.54, 1.807) is 24.3 Å². The predicted octanol–water partition coefficient (Wildman–Crippen LogP) is 2.79. The maximum atomic E-state index is 10.6. The molecule has 1 aromatic rings. The van der Waals surface area contributed by atoms with Crippen molar-refractivity contribution in [2.45, 2.75) is 9.84 Å². The maximum absolute atomic E-state index is 10.6. The average molecular weight is 374 g/mol. The van der Waals surface area contributed by atoms with Gasteiger partial charge in [0.1, 0.15) is 5.75 Å². The van der Waals surface area contributed by atoms with Gasteiger partial charge in [-0.15, -0.1) is 0 Å². The van der Waals surface area contributed by atoms with Crippen LogP contribution < -0.4 is 4.74 Å². The highest BCUT2D eigenvalue weighted by molar-refractivity contribution is 9.25. The van der Waals surface area contributed by atoms with E-state index >= 15 is 0 Å². The number of hydrogen-bond donors (Lipinski definition) is 1. The zero-order chi connectivity index (χ0) is 12.2. The number of halogens is 2. The Kier molecular flexibility index (Phi) is 4.78. The molecule has 0 aliphatic heterocycles. The lowest BCUT2D eigenvalue weighted by molar-refractivity contribution is 0.265. The topological polar surface area (TPSA) is 63.6 Å². The van der Waals surface area contributed by atoms with Gasteiger partial charge in [-0.05, 0) is 44.0 Å². The van der Waals surface area contributed by atoms with Crippen molar-refractivity contribution >= 4 is 42.0 Å². The first-order chi connectivity index (χ1) is 7.29. The van der Waals surface area contributed by atoms with Crippen molar-refractivity contribution in [1.29, 1.82) is 0 Å². The molecule has 16 heavy (non-hydrogen) atoms. The zero-order valence-electron chi connectivity index (χ0n) is 8.14. The van der Waals surface area contributed by atoms with Gasteiger partial charge in [0.2, 0.25) is 3.42 Å². The van der Waals surface area contributed by atoms with Crippen molar-refractivity contribution in [1.82, 2.24) is 0 Å². The van der Waals surface area contributed by atoms with Crippen molar-refractivity contribution in [2.75, 3.05) is 5.75 Å². The first-order valence-corrected chi connectivity index (χ1v) is 7.55. The smallest absolute Gasteiger partial charge is 0.265 e. The van der Waals surface area contributed by atoms with Gasteiger partial charge in [-0.2, -0.15) is 8.42 Å². The van der Waals surface area contributed by atoms with Gasteiger partial charge in [-0.3, -0.25) is 4.55 Å². The number of ether oxygens (including phenoxy) is 1. The van der Waals surface area contributed by atoms with E-state index in [9.17, 15) is 8.42 Å². The highest BCUT2D eigenvalue weighted by Gasteiger charge is 2.27. The SMILES string of the molecule is O=S(=O)(O)CCC(Br)(Br)Oc1ccccc1. The molecule has 0 saturated carbocycles. The van der Waals surface area contributed by atoms with Gasteiger partial charge in [0.05, 0.1) is 5.75 Å². The van der Waals surface area contributed by atoms with Crippen LogP contribution in [-0.4, -0.2) is 22.1 Å². The van der Waals surface area contributed by atoms with Crippen LogP contribution in [0.15, 0.2) is 30.3 Å². The van der Waals surface area contributed by atoms with Crippen LogP contribution in [0, 0.1) is 0 Å². The summed E-state index contributed by atoms with van der Waals surface area (Å²) in [6, 6.07) is 8.92. The molecule has 1 rings (SSSR count). The summed E-state index contributed by atoms with van der Waals surface area (Å²) in [5.74, 6) is 0.197. The molecule has 0 unspecified atom stereocenters. The summed E-state index contributed by atoms with van der Waals surface area (Å²) in [6.45, 7) is 0. The van der Waals surface area contributed by atoms with Crippen molar-refractivity contribution in [3.63, 3.8) is 0 Å². The van der Waals surface area contributed by atoms with E-state index in [4.69, 9.17) is 9.29 Å². The highest BCUT2D eigenvalue weighted by atomic mass is 79.9. The number of benzene rings is 1. The molecule has 0 aliphatic carbocycles. The molecule has 7 heteroatoms. The molecule has 0 heterocycles. The molecule has 0 atom stereocenters. The molecular formula is C9H10Br2O4S. The van der Waals surface area contributed by atoms with Crippen LogP contribution in [0.3, 0.4) is 0 Å². The summed E-state index contributed by atoms with van der Waals surface area (Å²) in [7, 11) is -3.99. The van der Waals surface area contributed by atoms with E-state index in [1.807, 2.05) is 6.07 Å². The van der Waals surface area contributed by atoms with Crippen molar-refractivity contribution < 1.29 is 17.7 Å². The van der Waals surface area contributed by atoms with Crippen LogP contribution in [0.2, 0.25) is 0 Å². The molecule has 0 aliphatic rings. The van der Waals surface area contributed by atoms with Crippen LogP contribution in [0.5, 0.6) is 5.75 Å². The Bertz CT molecular complexity index is 430. The lowest BCUT2D eigenvalue weighted by atomic mass is 10.3. The molecule has 90 valence electrons. The molecule has 0 amide bonds. The fraction of sp³-hybridized carbons (Fsp3) is 0.333. The molecule has 0 spiro atoms. The Morgan fingerprint density at radius 2 is 1.81 bits per heavy atom. The molecule has 1 N–H and O–H groups in total. The lowest BCUT2D eigenvalue weighted by Crippen LogP contribution is -2.24. The third-order valence-corrected chi connectivity index (χ3v) is 3.50. The predicted molar refractivity (Wildman–Crippen MR) is 68.7 cm³/mol. The minimum atomic E-state index is -3.99. The second-order valence-corrected chi connectivity index (χ2v) is 8.29. The van der Waals surface area contributed by atoms with Gasteiger partial charge in [-0.25, -0.2) is 0 Å². The number of para-hydroxylation sites is 1. The summed E-state index contributed by atoms with van der Waals surface area (Å²) in [6.07, 6.45) is 0.0702. The molecule has 0 radical (unpaired) electrons. The lowest BCUT2D eigenvalue weighted by Gasteiger charge is -2.21. The Labute approximate surface area is 111 Å². The maximum Gasteiger partial charge on any atom is 0.265 e. The minimum absolute atomic E-state index is 0.0702. The summed E-state index contributed by atoms with van der Waals surface area (Å²) in [4.78, 5) is 0. The number of rotatable bonds is 5. The van der Waals surface area contributed by atoms with Gasteiger partial charge in [-0.1, -0.05) is 18.2 Å². The molecule has 0 fully saturated rings. The zero-order valence-corrected chi connectivity index (χ0v) is 12.1. The Balaban J connectivity index is 2.59. The second-order valence-electron chi connectivity index (χ2n) is 3.09. The molecular weight excluding hydrogens is 364 g/mol. The summed E-state index contributed by atoms with van der Waals surface area (Å²) in [5, 5.41) is 0. The third-order valence-electron chi connectivity index (χ3n) is 1.66. The van der Waals surface area contributed by atoms with Gasteiger partial charge in [0, 0.05) is 6.42 Å². The van der Waals surface area contributed by atoms with Crippen molar-refractivity contribution in [3.05, 3.63) is 30.3 Å². The van der Waals surface area contributed by atoms with Gasteiger partial charge in [0.15, 0.2) is 0 Å². The van der Waals surface area contributed by atoms with Crippen LogP contribution in [-0.2, 0) is 10.1 Å². The quantitative estimate of drug-likeness (QED) is 0.636. The first-order valence-electron chi connectivity index (χ1n) is 4.36. The third kappa shape index (κ3) is 5.83. The standard InChI is InChI=1S/C9H10Br2O4S/c10-9(11,6-7-16(12,13)14)15-8-4-2-1-3-5-8/h1-5H,6-7H2,(H,12,13,14). The second kappa shape index (κ2) is 5.48. The normalized spacial score (nSPS) is 12.4. The summed E-state index contributed by atoms with van der Waals surface area (Å²) in [5.41, 5.74) is 0. The summed E-state index contributed by atoms with van der Waals surface area (Å²) < 4.78 is 34.3. The van der Waals surface area contributed by atoms with Crippen molar-refractivity contribution in [2.24, 2.45) is 0 Å². The molecule has 0 aromatic heterocycles. The molecule has 4 nitrogen and oxygen atoms in total. The van der Waals surface area contributed by atoms with E-state index in [0.717, 1.165) is 0 Å². The average Bonchev–Trinajstić information content (AvgIpc) is 2.15. The van der Waals surface area contributed by atoms with E-state index in [0.29, 0.717) is 5.75 Å². The van der Waals surface area contributed by atoms with Gasteiger partial charge >= 0.3 is 0 Å². The largest absolute Gasteiger partial charge is 0.466 e. The highest BCUT2D eigenvalue weighted by Crippen LogP contribution is 2.33. The summed E-state index contributed by atoms with van der Waals surface area (Å²) >= 11 is 6.38. The minimum Gasteiger partial charge on any atom is -0.466 e. The van der Waals surface area contributed by atoms with Gasteiger partial charge in [0.25, 0.3) is 10.1 Å². The molecule has 0 bridgehead atoms.